The molecule has 0 aromatic heterocycles. The number of benzene rings is 1. The largest absolute Gasteiger partial charge is 0.510 e. The maximum atomic E-state index is 12.4. The summed E-state index contributed by atoms with van der Waals surface area (Å²) in [5.74, 6) is -0.917. The SMILES string of the molecule is CC(=O)c1ccccc1N=NC(C(=O)NC1C=CC(C)=CC1)=C(C)O. The van der Waals surface area contributed by atoms with E-state index in [0.29, 0.717) is 17.7 Å². The Kier molecular flexibility index (Phi) is 6.00. The molecule has 130 valence electrons. The molecule has 0 heterocycles. The van der Waals surface area contributed by atoms with Crippen molar-refractivity contribution in [1.29, 1.82) is 0 Å². The second kappa shape index (κ2) is 8.19. The third-order valence-electron chi connectivity index (χ3n) is 3.70. The van der Waals surface area contributed by atoms with E-state index in [0.717, 1.165) is 5.57 Å². The number of azo groups is 1. The predicted molar refractivity (Wildman–Crippen MR) is 95.7 cm³/mol. The Balaban J connectivity index is 2.17. The van der Waals surface area contributed by atoms with Crippen LogP contribution in [0.3, 0.4) is 0 Å². The fourth-order valence-corrected chi connectivity index (χ4v) is 2.32. The molecule has 2 rings (SSSR count). The van der Waals surface area contributed by atoms with Crippen molar-refractivity contribution in [2.45, 2.75) is 33.2 Å². The molecule has 2 N–H and O–H groups in total. The molecule has 6 nitrogen and oxygen atoms in total. The summed E-state index contributed by atoms with van der Waals surface area (Å²) in [5.41, 5.74) is 1.70. The summed E-state index contributed by atoms with van der Waals surface area (Å²) in [6.07, 6.45) is 6.51. The first-order chi connectivity index (χ1) is 11.9. The third kappa shape index (κ3) is 4.97. The molecule has 0 bridgehead atoms. The lowest BCUT2D eigenvalue weighted by atomic mass is 10.0. The molecule has 1 aromatic rings. The summed E-state index contributed by atoms with van der Waals surface area (Å²) >= 11 is 0. The summed E-state index contributed by atoms with van der Waals surface area (Å²) in [7, 11) is 0. The first kappa shape index (κ1) is 18.3. The molecule has 1 unspecified atom stereocenters. The molecule has 1 aliphatic rings. The van der Waals surface area contributed by atoms with Gasteiger partial charge in [-0.1, -0.05) is 35.9 Å². The first-order valence-corrected chi connectivity index (χ1v) is 7.96. The zero-order valence-electron chi connectivity index (χ0n) is 14.5. The van der Waals surface area contributed by atoms with Gasteiger partial charge in [-0.15, -0.1) is 10.2 Å². The van der Waals surface area contributed by atoms with Crippen molar-refractivity contribution >= 4 is 17.4 Å². The average Bonchev–Trinajstić information content (AvgIpc) is 2.57. The van der Waals surface area contributed by atoms with Gasteiger partial charge in [-0.2, -0.15) is 0 Å². The van der Waals surface area contributed by atoms with E-state index in [1.807, 2.05) is 25.2 Å². The molecule has 0 spiro atoms. The molecule has 6 heteroatoms. The van der Waals surface area contributed by atoms with Crippen molar-refractivity contribution in [3.63, 3.8) is 0 Å². The smallest absolute Gasteiger partial charge is 0.275 e. The summed E-state index contributed by atoms with van der Waals surface area (Å²) in [4.78, 5) is 24.0. The van der Waals surface area contributed by atoms with E-state index in [2.05, 4.69) is 15.5 Å². The minimum atomic E-state index is -0.522. The lowest BCUT2D eigenvalue weighted by molar-refractivity contribution is -0.118. The van der Waals surface area contributed by atoms with Gasteiger partial charge in [0.25, 0.3) is 5.91 Å². The Morgan fingerprint density at radius 1 is 1.24 bits per heavy atom. The lowest BCUT2D eigenvalue weighted by Crippen LogP contribution is -2.34. The Morgan fingerprint density at radius 3 is 2.56 bits per heavy atom. The van der Waals surface area contributed by atoms with E-state index in [1.54, 1.807) is 24.3 Å². The number of carbonyl (C=O) groups excluding carboxylic acids is 2. The number of nitrogens with zero attached hydrogens (tertiary/aromatic N) is 2. The highest BCUT2D eigenvalue weighted by Crippen LogP contribution is 2.21. The predicted octanol–water partition coefficient (Wildman–Crippen LogP) is 4.15. The van der Waals surface area contributed by atoms with Crippen molar-refractivity contribution in [3.8, 4) is 0 Å². The number of ketones is 1. The van der Waals surface area contributed by atoms with Gasteiger partial charge in [-0.3, -0.25) is 9.59 Å². The number of aliphatic hydroxyl groups excluding tert-OH is 1. The minimum absolute atomic E-state index is 0.153. The molecule has 0 saturated carbocycles. The van der Waals surface area contributed by atoms with Gasteiger partial charge >= 0.3 is 0 Å². The van der Waals surface area contributed by atoms with Crippen molar-refractivity contribution in [2.75, 3.05) is 0 Å². The number of hydrogen-bond acceptors (Lipinski definition) is 5. The van der Waals surface area contributed by atoms with Crippen LogP contribution in [0.4, 0.5) is 5.69 Å². The third-order valence-corrected chi connectivity index (χ3v) is 3.70. The molecule has 0 saturated heterocycles. The molecule has 1 aromatic carbocycles. The van der Waals surface area contributed by atoms with Crippen molar-refractivity contribution < 1.29 is 14.7 Å². The Hall–Kier alpha value is -3.02. The monoisotopic (exact) mass is 339 g/mol. The number of allylic oxidation sites excluding steroid dienone is 3. The summed E-state index contributed by atoms with van der Waals surface area (Å²) in [5, 5.41) is 20.4. The quantitative estimate of drug-likeness (QED) is 0.365. The zero-order chi connectivity index (χ0) is 18.4. The summed E-state index contributed by atoms with van der Waals surface area (Å²) in [6.45, 7) is 4.78. The highest BCUT2D eigenvalue weighted by Gasteiger charge is 2.17. The van der Waals surface area contributed by atoms with Crippen LogP contribution in [0.1, 0.15) is 37.6 Å². The van der Waals surface area contributed by atoms with Crippen LogP contribution >= 0.6 is 0 Å². The highest BCUT2D eigenvalue weighted by molar-refractivity contribution is 5.98. The van der Waals surface area contributed by atoms with Crippen LogP contribution in [-0.4, -0.2) is 22.8 Å². The number of rotatable bonds is 5. The number of hydrogen-bond donors (Lipinski definition) is 2. The van der Waals surface area contributed by atoms with E-state index in [1.165, 1.54) is 13.8 Å². The molecule has 0 fully saturated rings. The second-order valence-corrected chi connectivity index (χ2v) is 5.83. The van der Waals surface area contributed by atoms with Crippen LogP contribution in [-0.2, 0) is 4.79 Å². The lowest BCUT2D eigenvalue weighted by Gasteiger charge is -2.16. The Bertz CT molecular complexity index is 800. The molecule has 0 radical (unpaired) electrons. The van der Waals surface area contributed by atoms with Crippen LogP contribution in [0.15, 0.2) is 69.8 Å². The van der Waals surface area contributed by atoms with Gasteiger partial charge in [0.15, 0.2) is 11.5 Å². The number of nitrogens with one attached hydrogen (secondary N) is 1. The second-order valence-electron chi connectivity index (χ2n) is 5.83. The summed E-state index contributed by atoms with van der Waals surface area (Å²) in [6, 6.07) is 6.54. The van der Waals surface area contributed by atoms with E-state index in [-0.39, 0.29) is 23.3 Å². The van der Waals surface area contributed by atoms with Gasteiger partial charge in [0.2, 0.25) is 0 Å². The van der Waals surface area contributed by atoms with E-state index >= 15 is 0 Å². The zero-order valence-corrected chi connectivity index (χ0v) is 14.5. The highest BCUT2D eigenvalue weighted by atomic mass is 16.3. The first-order valence-electron chi connectivity index (χ1n) is 7.96. The number of aliphatic hydroxyl groups is 1. The summed E-state index contributed by atoms with van der Waals surface area (Å²) < 4.78 is 0. The van der Waals surface area contributed by atoms with Gasteiger partial charge in [0.1, 0.15) is 5.76 Å². The molecule has 0 aliphatic heterocycles. The van der Waals surface area contributed by atoms with Crippen LogP contribution in [0.5, 0.6) is 0 Å². The van der Waals surface area contributed by atoms with Crippen LogP contribution in [0, 0.1) is 0 Å². The van der Waals surface area contributed by atoms with E-state index < -0.39 is 5.91 Å². The van der Waals surface area contributed by atoms with Crippen LogP contribution in [0.2, 0.25) is 0 Å². The molecular weight excluding hydrogens is 318 g/mol. The van der Waals surface area contributed by atoms with Crippen LogP contribution < -0.4 is 5.32 Å². The molecular formula is C19H21N3O3. The molecule has 25 heavy (non-hydrogen) atoms. The van der Waals surface area contributed by atoms with Crippen molar-refractivity contribution in [1.82, 2.24) is 5.32 Å². The maximum absolute atomic E-state index is 12.4. The van der Waals surface area contributed by atoms with Gasteiger partial charge in [-0.05, 0) is 39.3 Å². The van der Waals surface area contributed by atoms with Crippen LogP contribution in [0.25, 0.3) is 0 Å². The maximum Gasteiger partial charge on any atom is 0.275 e. The van der Waals surface area contributed by atoms with Gasteiger partial charge in [0, 0.05) is 5.56 Å². The molecule has 1 aliphatic carbocycles. The molecule has 1 amide bonds. The number of carbonyl (C=O) groups is 2. The Morgan fingerprint density at radius 2 is 1.96 bits per heavy atom. The van der Waals surface area contributed by atoms with E-state index in [9.17, 15) is 14.7 Å². The average molecular weight is 339 g/mol. The standard InChI is InChI=1S/C19H21N3O3/c1-12-8-10-15(11-9-12)20-19(25)18(14(3)24)22-21-17-7-5-4-6-16(17)13(2)23/h4-10,15,24H,11H2,1-3H3,(H,20,25). The topological polar surface area (TPSA) is 91.1 Å². The van der Waals surface area contributed by atoms with Gasteiger partial charge < -0.3 is 10.4 Å². The Labute approximate surface area is 146 Å². The molecule has 1 atom stereocenters. The minimum Gasteiger partial charge on any atom is -0.510 e. The number of Topliss-reactive ketones (excluding diaryl/α,β-unsaturated/α-hetero) is 1. The van der Waals surface area contributed by atoms with E-state index in [4.69, 9.17) is 0 Å². The normalized spacial score (nSPS) is 17.9. The van der Waals surface area contributed by atoms with Crippen molar-refractivity contribution in [3.05, 3.63) is 65.1 Å². The van der Waals surface area contributed by atoms with Gasteiger partial charge in [0.05, 0.1) is 11.7 Å². The van der Waals surface area contributed by atoms with Crippen molar-refractivity contribution in [2.24, 2.45) is 10.2 Å². The fourth-order valence-electron chi connectivity index (χ4n) is 2.32. The fraction of sp³-hybridized carbons (Fsp3) is 0.263. The van der Waals surface area contributed by atoms with Gasteiger partial charge in [-0.25, -0.2) is 0 Å². The number of amides is 1.